The van der Waals surface area contributed by atoms with Crippen LogP contribution < -0.4 is 9.46 Å². The van der Waals surface area contributed by atoms with E-state index in [4.69, 9.17) is 9.47 Å². The molecule has 0 aromatic heterocycles. The first kappa shape index (κ1) is 19.7. The van der Waals surface area contributed by atoms with E-state index in [1.54, 1.807) is 40.0 Å². The molecule has 2 rings (SSSR count). The van der Waals surface area contributed by atoms with Crippen molar-refractivity contribution in [1.29, 1.82) is 0 Å². The SMILES string of the molecule is CN1C(C=O)CC(c2ccc(OCC(=O)OC(C)(C)C)cc2)N[S+]1[O-]. The standard InChI is InChI=1S/C17H24N2O5S/c1-17(2,3)24-16(21)11-23-14-7-5-12(6-8-14)15-9-13(10-20)19(4)25(22)18-15/h5-8,10,13,15,18H,9,11H2,1-4H3. The normalized spacial score (nSPS) is 24.6. The first-order valence-corrected chi connectivity index (χ1v) is 9.11. The molecule has 1 aromatic rings. The number of benzene rings is 1. The highest BCUT2D eigenvalue weighted by molar-refractivity contribution is 7.87. The largest absolute Gasteiger partial charge is 0.579 e. The molecule has 0 aliphatic carbocycles. The van der Waals surface area contributed by atoms with E-state index in [-0.39, 0.29) is 12.6 Å². The Hall–Kier alpha value is -1.61. The summed E-state index contributed by atoms with van der Waals surface area (Å²) < 4.78 is 27.1. The fraction of sp³-hybridized carbons (Fsp3) is 0.529. The molecule has 0 amide bonds. The van der Waals surface area contributed by atoms with Gasteiger partial charge in [-0.05, 0) is 44.9 Å². The minimum absolute atomic E-state index is 0.166. The van der Waals surface area contributed by atoms with E-state index >= 15 is 0 Å². The topological polar surface area (TPSA) is 90.9 Å². The summed E-state index contributed by atoms with van der Waals surface area (Å²) in [6.45, 7) is 5.22. The summed E-state index contributed by atoms with van der Waals surface area (Å²) in [6, 6.07) is 6.54. The highest BCUT2D eigenvalue weighted by atomic mass is 32.2. The molecule has 0 bridgehead atoms. The van der Waals surface area contributed by atoms with Crippen LogP contribution in [0, 0.1) is 0 Å². The summed E-state index contributed by atoms with van der Waals surface area (Å²) in [5, 5.41) is 0. The molecule has 0 saturated carbocycles. The van der Waals surface area contributed by atoms with Gasteiger partial charge in [-0.25, -0.2) is 4.79 Å². The van der Waals surface area contributed by atoms with Crippen LogP contribution in [-0.4, -0.2) is 46.4 Å². The molecule has 1 aliphatic rings. The lowest BCUT2D eigenvalue weighted by molar-refractivity contribution is -0.157. The molecule has 1 saturated heterocycles. The highest BCUT2D eigenvalue weighted by Gasteiger charge is 2.36. The number of rotatable bonds is 5. The van der Waals surface area contributed by atoms with Crippen molar-refractivity contribution in [2.75, 3.05) is 13.7 Å². The molecule has 138 valence electrons. The number of carbonyl (C=O) groups is 2. The first-order valence-electron chi connectivity index (χ1n) is 8.00. The molecule has 3 atom stereocenters. The fourth-order valence-corrected chi connectivity index (χ4v) is 3.44. The van der Waals surface area contributed by atoms with Gasteiger partial charge in [-0.3, -0.25) is 0 Å². The van der Waals surface area contributed by atoms with Crippen molar-refractivity contribution in [3.8, 4) is 5.75 Å². The number of carbonyl (C=O) groups excluding carboxylic acids is 2. The predicted octanol–water partition coefficient (Wildman–Crippen LogP) is 1.52. The molecule has 3 unspecified atom stereocenters. The van der Waals surface area contributed by atoms with Crippen molar-refractivity contribution in [3.63, 3.8) is 0 Å². The Morgan fingerprint density at radius 3 is 2.60 bits per heavy atom. The molecular weight excluding hydrogens is 344 g/mol. The number of ether oxygens (including phenoxy) is 2. The Bertz CT molecular complexity index is 602. The summed E-state index contributed by atoms with van der Waals surface area (Å²) in [6.07, 6.45) is 1.34. The van der Waals surface area contributed by atoms with Gasteiger partial charge in [0.15, 0.2) is 6.61 Å². The van der Waals surface area contributed by atoms with Gasteiger partial charge in [0.2, 0.25) is 0 Å². The quantitative estimate of drug-likeness (QED) is 0.479. The van der Waals surface area contributed by atoms with Gasteiger partial charge >= 0.3 is 5.97 Å². The molecule has 7 nitrogen and oxygen atoms in total. The Morgan fingerprint density at radius 2 is 2.04 bits per heavy atom. The second-order valence-electron chi connectivity index (χ2n) is 6.85. The highest BCUT2D eigenvalue weighted by Crippen LogP contribution is 2.28. The van der Waals surface area contributed by atoms with Crippen molar-refractivity contribution < 1.29 is 23.6 Å². The van der Waals surface area contributed by atoms with E-state index in [1.807, 2.05) is 12.1 Å². The van der Waals surface area contributed by atoms with Crippen LogP contribution in [0.4, 0.5) is 0 Å². The second kappa shape index (κ2) is 8.18. The van der Waals surface area contributed by atoms with Crippen molar-refractivity contribution in [2.24, 2.45) is 0 Å². The third-order valence-electron chi connectivity index (χ3n) is 3.67. The number of nitrogens with zero attached hydrogens (tertiary/aromatic N) is 1. The molecule has 0 spiro atoms. The van der Waals surface area contributed by atoms with Gasteiger partial charge in [-0.15, -0.1) is 9.03 Å². The first-order chi connectivity index (χ1) is 11.7. The second-order valence-corrected chi connectivity index (χ2v) is 8.16. The van der Waals surface area contributed by atoms with Crippen molar-refractivity contribution in [1.82, 2.24) is 9.03 Å². The number of hydrogen-bond donors (Lipinski definition) is 1. The zero-order chi connectivity index (χ0) is 18.6. The van der Waals surface area contributed by atoms with Gasteiger partial charge in [0.1, 0.15) is 35.2 Å². The van der Waals surface area contributed by atoms with Crippen molar-refractivity contribution >= 4 is 23.8 Å². The van der Waals surface area contributed by atoms with Gasteiger partial charge in [0, 0.05) is 7.05 Å². The van der Waals surface area contributed by atoms with E-state index in [1.165, 1.54) is 4.31 Å². The van der Waals surface area contributed by atoms with Crippen LogP contribution in [0.1, 0.15) is 38.8 Å². The van der Waals surface area contributed by atoms with Crippen LogP contribution in [0.15, 0.2) is 24.3 Å². The van der Waals surface area contributed by atoms with Crippen LogP contribution in [0.2, 0.25) is 0 Å². The maximum absolute atomic E-state index is 12.0. The maximum atomic E-state index is 12.0. The average Bonchev–Trinajstić information content (AvgIpc) is 2.54. The summed E-state index contributed by atoms with van der Waals surface area (Å²) in [4.78, 5) is 22.8. The number of aldehydes is 1. The Labute approximate surface area is 151 Å². The van der Waals surface area contributed by atoms with Crippen LogP contribution >= 0.6 is 0 Å². The number of esters is 1. The van der Waals surface area contributed by atoms with Crippen LogP contribution in [0.3, 0.4) is 0 Å². The van der Waals surface area contributed by atoms with E-state index < -0.39 is 29.2 Å². The summed E-state index contributed by atoms with van der Waals surface area (Å²) in [7, 11) is 1.64. The molecule has 25 heavy (non-hydrogen) atoms. The lowest BCUT2D eigenvalue weighted by Crippen LogP contribution is -2.52. The molecule has 1 aromatic carbocycles. The zero-order valence-electron chi connectivity index (χ0n) is 14.9. The Morgan fingerprint density at radius 1 is 1.40 bits per heavy atom. The zero-order valence-corrected chi connectivity index (χ0v) is 15.7. The van der Waals surface area contributed by atoms with Gasteiger partial charge in [0.25, 0.3) is 0 Å². The smallest absolute Gasteiger partial charge is 0.344 e. The van der Waals surface area contributed by atoms with Crippen molar-refractivity contribution in [2.45, 2.75) is 44.9 Å². The van der Waals surface area contributed by atoms with Gasteiger partial charge in [0.05, 0.1) is 6.04 Å². The van der Waals surface area contributed by atoms with Crippen LogP contribution in [0.25, 0.3) is 0 Å². The predicted molar refractivity (Wildman–Crippen MR) is 94.0 cm³/mol. The molecule has 1 heterocycles. The van der Waals surface area contributed by atoms with Gasteiger partial charge in [-0.2, -0.15) is 0 Å². The van der Waals surface area contributed by atoms with E-state index in [0.29, 0.717) is 12.2 Å². The summed E-state index contributed by atoms with van der Waals surface area (Å²) in [5.74, 6) is 0.105. The lowest BCUT2D eigenvalue weighted by atomic mass is 10.0. The monoisotopic (exact) mass is 368 g/mol. The van der Waals surface area contributed by atoms with E-state index in [0.717, 1.165) is 11.8 Å². The Balaban J connectivity index is 1.93. The average molecular weight is 368 g/mol. The van der Waals surface area contributed by atoms with E-state index in [2.05, 4.69) is 4.72 Å². The third kappa shape index (κ3) is 5.71. The third-order valence-corrected chi connectivity index (χ3v) is 4.95. The van der Waals surface area contributed by atoms with E-state index in [9.17, 15) is 14.1 Å². The van der Waals surface area contributed by atoms with Gasteiger partial charge in [-0.1, -0.05) is 12.1 Å². The number of nitrogens with one attached hydrogen (secondary N) is 1. The molecule has 0 radical (unpaired) electrons. The van der Waals surface area contributed by atoms with Crippen molar-refractivity contribution in [3.05, 3.63) is 29.8 Å². The maximum Gasteiger partial charge on any atom is 0.344 e. The molecule has 8 heteroatoms. The molecule has 1 aliphatic heterocycles. The lowest BCUT2D eigenvalue weighted by Gasteiger charge is -2.34. The molecule has 1 N–H and O–H groups in total. The molecular formula is C17H24N2O5S. The van der Waals surface area contributed by atoms with Gasteiger partial charge < -0.3 is 18.8 Å². The fourth-order valence-electron chi connectivity index (χ4n) is 2.42. The summed E-state index contributed by atoms with van der Waals surface area (Å²) in [5.41, 5.74) is 0.354. The van der Waals surface area contributed by atoms with Crippen LogP contribution in [0.5, 0.6) is 5.75 Å². The van der Waals surface area contributed by atoms with Crippen LogP contribution in [-0.2, 0) is 25.9 Å². The number of hydrogen-bond acceptors (Lipinski definition) is 7. The Kier molecular flexibility index (Phi) is 6.45. The minimum atomic E-state index is -1.41. The summed E-state index contributed by atoms with van der Waals surface area (Å²) >= 11 is -1.41. The molecule has 1 fully saturated rings. The minimum Gasteiger partial charge on any atom is -0.579 e. The number of likely N-dealkylation sites (N-methyl/N-ethyl adjacent to an activating group) is 1.